The van der Waals surface area contributed by atoms with Crippen LogP contribution in [0, 0.1) is 0 Å². The Kier molecular flexibility index (Phi) is 5.94. The van der Waals surface area contributed by atoms with E-state index in [-0.39, 0.29) is 18.2 Å². The fraction of sp³-hybridized carbons (Fsp3) is 0.455. The van der Waals surface area contributed by atoms with Crippen molar-refractivity contribution in [3.8, 4) is 0 Å². The standard InChI is InChI=1S/C11H16N2O.ClH/c1-4-8(2)13-11-7-10(9(3)14)5-6-12-11;/h5-8H,4H2,1-3H3,(H,12,13);1H. The summed E-state index contributed by atoms with van der Waals surface area (Å²) in [5, 5.41) is 3.22. The van der Waals surface area contributed by atoms with E-state index in [1.807, 2.05) is 0 Å². The molecule has 0 saturated heterocycles. The number of carbonyl (C=O) groups excluding carboxylic acids is 1. The van der Waals surface area contributed by atoms with E-state index < -0.39 is 0 Å². The average molecular weight is 229 g/mol. The minimum absolute atomic E-state index is 0. The summed E-state index contributed by atoms with van der Waals surface area (Å²) >= 11 is 0. The summed E-state index contributed by atoms with van der Waals surface area (Å²) in [5.41, 5.74) is 0.700. The second-order valence-corrected chi connectivity index (χ2v) is 3.44. The number of pyridine rings is 1. The number of rotatable bonds is 4. The molecule has 0 radical (unpaired) electrons. The number of hydrogen-bond acceptors (Lipinski definition) is 3. The maximum Gasteiger partial charge on any atom is 0.159 e. The van der Waals surface area contributed by atoms with Crippen LogP contribution in [-0.4, -0.2) is 16.8 Å². The first kappa shape index (κ1) is 13.9. The number of Topliss-reactive ketones (excluding diaryl/α,β-unsaturated/α-hetero) is 1. The molecule has 4 heteroatoms. The van der Waals surface area contributed by atoms with Crippen molar-refractivity contribution in [1.82, 2.24) is 4.98 Å². The van der Waals surface area contributed by atoms with E-state index in [1.54, 1.807) is 25.3 Å². The van der Waals surface area contributed by atoms with Gasteiger partial charge in [0, 0.05) is 17.8 Å². The van der Waals surface area contributed by atoms with Gasteiger partial charge in [-0.3, -0.25) is 4.79 Å². The second-order valence-electron chi connectivity index (χ2n) is 3.44. The summed E-state index contributed by atoms with van der Waals surface area (Å²) in [4.78, 5) is 15.2. The molecular weight excluding hydrogens is 212 g/mol. The Balaban J connectivity index is 0.00000196. The molecule has 0 saturated carbocycles. The number of halogens is 1. The molecule has 0 amide bonds. The van der Waals surface area contributed by atoms with Crippen molar-refractivity contribution in [3.05, 3.63) is 23.9 Å². The molecule has 1 N–H and O–H groups in total. The van der Waals surface area contributed by atoms with E-state index in [4.69, 9.17) is 0 Å². The minimum Gasteiger partial charge on any atom is -0.368 e. The molecule has 0 aliphatic carbocycles. The number of anilines is 1. The van der Waals surface area contributed by atoms with Crippen molar-refractivity contribution in [2.75, 3.05) is 5.32 Å². The van der Waals surface area contributed by atoms with Crippen LogP contribution in [0.1, 0.15) is 37.6 Å². The molecule has 1 aromatic heterocycles. The van der Waals surface area contributed by atoms with Crippen LogP contribution >= 0.6 is 12.4 Å². The third kappa shape index (κ3) is 4.30. The van der Waals surface area contributed by atoms with Gasteiger partial charge in [-0.05, 0) is 32.4 Å². The van der Waals surface area contributed by atoms with Gasteiger partial charge in [0.1, 0.15) is 5.82 Å². The number of carbonyl (C=O) groups is 1. The zero-order valence-corrected chi connectivity index (χ0v) is 10.1. The molecule has 15 heavy (non-hydrogen) atoms. The highest BCUT2D eigenvalue weighted by atomic mass is 35.5. The lowest BCUT2D eigenvalue weighted by Gasteiger charge is -2.11. The van der Waals surface area contributed by atoms with Gasteiger partial charge in [-0.25, -0.2) is 4.98 Å². The molecule has 0 fully saturated rings. The summed E-state index contributed by atoms with van der Waals surface area (Å²) < 4.78 is 0. The maximum absolute atomic E-state index is 11.1. The first-order valence-electron chi connectivity index (χ1n) is 4.87. The highest BCUT2D eigenvalue weighted by molar-refractivity contribution is 5.94. The van der Waals surface area contributed by atoms with Crippen molar-refractivity contribution in [1.29, 1.82) is 0 Å². The predicted octanol–water partition coefficient (Wildman–Crippen LogP) is 2.92. The van der Waals surface area contributed by atoms with Gasteiger partial charge in [-0.1, -0.05) is 6.92 Å². The summed E-state index contributed by atoms with van der Waals surface area (Å²) in [6.07, 6.45) is 2.69. The van der Waals surface area contributed by atoms with Crippen molar-refractivity contribution in [2.24, 2.45) is 0 Å². The van der Waals surface area contributed by atoms with Gasteiger partial charge in [0.15, 0.2) is 5.78 Å². The fourth-order valence-electron chi connectivity index (χ4n) is 1.08. The van der Waals surface area contributed by atoms with Crippen LogP contribution < -0.4 is 5.32 Å². The molecule has 0 aliphatic rings. The smallest absolute Gasteiger partial charge is 0.159 e. The van der Waals surface area contributed by atoms with E-state index in [9.17, 15) is 4.79 Å². The average Bonchev–Trinajstić information content (AvgIpc) is 2.18. The molecule has 0 aromatic carbocycles. The highest BCUT2D eigenvalue weighted by Gasteiger charge is 2.03. The molecule has 1 unspecified atom stereocenters. The molecule has 0 spiro atoms. The summed E-state index contributed by atoms with van der Waals surface area (Å²) in [6.45, 7) is 5.75. The molecule has 84 valence electrons. The SMILES string of the molecule is CCC(C)Nc1cc(C(C)=O)ccn1.Cl. The maximum atomic E-state index is 11.1. The molecule has 1 heterocycles. The largest absolute Gasteiger partial charge is 0.368 e. The van der Waals surface area contributed by atoms with E-state index in [0.717, 1.165) is 12.2 Å². The van der Waals surface area contributed by atoms with Gasteiger partial charge in [0.25, 0.3) is 0 Å². The van der Waals surface area contributed by atoms with Crippen LogP contribution in [0.2, 0.25) is 0 Å². The van der Waals surface area contributed by atoms with Crippen LogP contribution in [0.5, 0.6) is 0 Å². The van der Waals surface area contributed by atoms with Crippen molar-refractivity contribution in [3.63, 3.8) is 0 Å². The summed E-state index contributed by atoms with van der Waals surface area (Å²) in [6, 6.07) is 3.89. The van der Waals surface area contributed by atoms with Crippen LogP contribution in [0.3, 0.4) is 0 Å². The number of ketones is 1. The molecule has 1 atom stereocenters. The lowest BCUT2D eigenvalue weighted by Crippen LogP contribution is -2.14. The zero-order chi connectivity index (χ0) is 10.6. The van der Waals surface area contributed by atoms with Gasteiger partial charge in [-0.15, -0.1) is 12.4 Å². The fourth-order valence-corrected chi connectivity index (χ4v) is 1.08. The Bertz CT molecular complexity index is 328. The van der Waals surface area contributed by atoms with Crippen LogP contribution in [-0.2, 0) is 0 Å². The number of nitrogens with one attached hydrogen (secondary N) is 1. The topological polar surface area (TPSA) is 42.0 Å². The van der Waals surface area contributed by atoms with E-state index in [0.29, 0.717) is 11.6 Å². The number of aromatic nitrogens is 1. The van der Waals surface area contributed by atoms with E-state index in [1.165, 1.54) is 0 Å². The van der Waals surface area contributed by atoms with E-state index in [2.05, 4.69) is 24.1 Å². The summed E-state index contributed by atoms with van der Waals surface area (Å²) in [7, 11) is 0. The second kappa shape index (κ2) is 6.40. The van der Waals surface area contributed by atoms with Crippen molar-refractivity contribution >= 4 is 24.0 Å². The Morgan fingerprint density at radius 2 is 2.27 bits per heavy atom. The minimum atomic E-state index is 0. The van der Waals surface area contributed by atoms with Crippen LogP contribution in [0.25, 0.3) is 0 Å². The Labute approximate surface area is 96.7 Å². The first-order chi connectivity index (χ1) is 6.63. The third-order valence-corrected chi connectivity index (χ3v) is 2.17. The lowest BCUT2D eigenvalue weighted by molar-refractivity contribution is 0.101. The quantitative estimate of drug-likeness (QED) is 0.806. The molecule has 3 nitrogen and oxygen atoms in total. The molecule has 0 aliphatic heterocycles. The molecular formula is C11H17ClN2O. The van der Waals surface area contributed by atoms with Gasteiger partial charge in [0.05, 0.1) is 0 Å². The van der Waals surface area contributed by atoms with Crippen LogP contribution in [0.4, 0.5) is 5.82 Å². The normalized spacial score (nSPS) is 11.4. The summed E-state index contributed by atoms with van der Waals surface area (Å²) in [5.74, 6) is 0.839. The monoisotopic (exact) mass is 228 g/mol. The van der Waals surface area contributed by atoms with Gasteiger partial charge >= 0.3 is 0 Å². The van der Waals surface area contributed by atoms with Crippen molar-refractivity contribution in [2.45, 2.75) is 33.2 Å². The molecule has 0 bridgehead atoms. The predicted molar refractivity (Wildman–Crippen MR) is 64.9 cm³/mol. The molecule has 1 aromatic rings. The Hall–Kier alpha value is -1.09. The zero-order valence-electron chi connectivity index (χ0n) is 9.28. The number of nitrogens with zero attached hydrogens (tertiary/aromatic N) is 1. The Morgan fingerprint density at radius 1 is 1.60 bits per heavy atom. The van der Waals surface area contributed by atoms with Gasteiger partial charge in [-0.2, -0.15) is 0 Å². The molecule has 1 rings (SSSR count). The Morgan fingerprint density at radius 3 is 2.80 bits per heavy atom. The highest BCUT2D eigenvalue weighted by Crippen LogP contribution is 2.09. The number of hydrogen-bond donors (Lipinski definition) is 1. The lowest BCUT2D eigenvalue weighted by atomic mass is 10.2. The van der Waals surface area contributed by atoms with Gasteiger partial charge in [0.2, 0.25) is 0 Å². The third-order valence-electron chi connectivity index (χ3n) is 2.17. The first-order valence-corrected chi connectivity index (χ1v) is 4.87. The van der Waals surface area contributed by atoms with E-state index >= 15 is 0 Å². The van der Waals surface area contributed by atoms with Gasteiger partial charge < -0.3 is 5.32 Å². The van der Waals surface area contributed by atoms with Crippen LogP contribution in [0.15, 0.2) is 18.3 Å². The van der Waals surface area contributed by atoms with Crippen molar-refractivity contribution < 1.29 is 4.79 Å².